The smallest absolute Gasteiger partial charge is 0.414 e. The van der Waals surface area contributed by atoms with Crippen molar-refractivity contribution in [1.82, 2.24) is 0 Å². The predicted octanol–water partition coefficient (Wildman–Crippen LogP) is 4.88. The summed E-state index contributed by atoms with van der Waals surface area (Å²) in [5.74, 6) is -1.35. The van der Waals surface area contributed by atoms with Crippen LogP contribution in [0.15, 0.2) is 60.7 Å². The zero-order valence-corrected chi connectivity index (χ0v) is 15.8. The second kappa shape index (κ2) is 8.87. The van der Waals surface area contributed by atoms with Crippen molar-refractivity contribution in [1.29, 1.82) is 10.5 Å². The highest BCUT2D eigenvalue weighted by Crippen LogP contribution is 2.29. The summed E-state index contributed by atoms with van der Waals surface area (Å²) in [7, 11) is 0. The zero-order valence-electron chi connectivity index (χ0n) is 15.8. The van der Waals surface area contributed by atoms with Crippen molar-refractivity contribution in [3.63, 3.8) is 0 Å². The number of anilines is 1. The standard InChI is InChI=1S/C22H23N3O2/c1-22(2,3)27-21(26)25(19-12-8-5-9-13-19)16-20(18(14-23)15-24)17-10-6-4-7-11-17/h4-13,18,20H,16H2,1-3H3. The average Bonchev–Trinajstić information content (AvgIpc) is 2.65. The fraction of sp³-hybridized carbons (Fsp3) is 0.318. The Morgan fingerprint density at radius 2 is 1.52 bits per heavy atom. The van der Waals surface area contributed by atoms with Gasteiger partial charge in [0.1, 0.15) is 11.5 Å². The number of para-hydroxylation sites is 1. The number of carbonyl (C=O) groups is 1. The van der Waals surface area contributed by atoms with Crippen molar-refractivity contribution in [3.05, 3.63) is 66.2 Å². The normalized spacial score (nSPS) is 11.9. The third-order valence-electron chi connectivity index (χ3n) is 3.97. The number of benzene rings is 2. The highest BCUT2D eigenvalue weighted by molar-refractivity contribution is 5.88. The quantitative estimate of drug-likeness (QED) is 0.761. The van der Waals surface area contributed by atoms with Crippen molar-refractivity contribution in [2.24, 2.45) is 5.92 Å². The summed E-state index contributed by atoms with van der Waals surface area (Å²) in [6.07, 6.45) is -0.510. The van der Waals surface area contributed by atoms with Crippen LogP contribution < -0.4 is 4.90 Å². The van der Waals surface area contributed by atoms with E-state index in [4.69, 9.17) is 4.74 Å². The largest absolute Gasteiger partial charge is 0.443 e. The van der Waals surface area contributed by atoms with Crippen LogP contribution in [0.1, 0.15) is 32.3 Å². The lowest BCUT2D eigenvalue weighted by atomic mass is 9.87. The second-order valence-electron chi connectivity index (χ2n) is 7.18. The average molecular weight is 361 g/mol. The number of amides is 1. The maximum absolute atomic E-state index is 12.9. The Morgan fingerprint density at radius 3 is 2.00 bits per heavy atom. The number of nitriles is 2. The summed E-state index contributed by atoms with van der Waals surface area (Å²) in [5.41, 5.74) is 0.827. The van der Waals surface area contributed by atoms with Crippen molar-refractivity contribution >= 4 is 11.8 Å². The summed E-state index contributed by atoms with van der Waals surface area (Å²) in [6.45, 7) is 5.57. The molecule has 0 saturated heterocycles. The number of carbonyl (C=O) groups excluding carboxylic acids is 1. The van der Waals surface area contributed by atoms with E-state index in [1.165, 1.54) is 4.90 Å². The van der Waals surface area contributed by atoms with Gasteiger partial charge in [-0.05, 0) is 38.5 Å². The third-order valence-corrected chi connectivity index (χ3v) is 3.97. The van der Waals surface area contributed by atoms with Gasteiger partial charge in [0.05, 0.1) is 12.1 Å². The molecule has 138 valence electrons. The van der Waals surface area contributed by atoms with Crippen LogP contribution >= 0.6 is 0 Å². The molecule has 1 amide bonds. The molecule has 2 aromatic carbocycles. The van der Waals surface area contributed by atoms with Crippen molar-refractivity contribution < 1.29 is 9.53 Å². The Bertz CT molecular complexity index is 816. The van der Waals surface area contributed by atoms with Crippen LogP contribution in [-0.4, -0.2) is 18.2 Å². The minimum atomic E-state index is -0.888. The zero-order chi connectivity index (χ0) is 19.9. The van der Waals surface area contributed by atoms with Crippen LogP contribution in [-0.2, 0) is 4.74 Å². The van der Waals surface area contributed by atoms with Crippen LogP contribution in [0.3, 0.4) is 0 Å². The summed E-state index contributed by atoms with van der Waals surface area (Å²) < 4.78 is 5.56. The van der Waals surface area contributed by atoms with Crippen LogP contribution in [0, 0.1) is 28.6 Å². The number of hydrogen-bond donors (Lipinski definition) is 0. The number of rotatable bonds is 5. The van der Waals surface area contributed by atoms with Gasteiger partial charge in [-0.25, -0.2) is 4.79 Å². The molecule has 0 fully saturated rings. The maximum Gasteiger partial charge on any atom is 0.414 e. The van der Waals surface area contributed by atoms with Crippen molar-refractivity contribution in [2.75, 3.05) is 11.4 Å². The van der Waals surface area contributed by atoms with Gasteiger partial charge in [-0.3, -0.25) is 4.90 Å². The van der Waals surface area contributed by atoms with Gasteiger partial charge < -0.3 is 4.74 Å². The number of nitrogens with zero attached hydrogens (tertiary/aromatic N) is 3. The van der Waals surface area contributed by atoms with E-state index in [1.54, 1.807) is 32.9 Å². The molecule has 0 aliphatic heterocycles. The van der Waals surface area contributed by atoms with E-state index >= 15 is 0 Å². The molecule has 5 heteroatoms. The van der Waals surface area contributed by atoms with Gasteiger partial charge in [0.2, 0.25) is 0 Å². The molecule has 0 radical (unpaired) electrons. The molecule has 1 unspecified atom stereocenters. The highest BCUT2D eigenvalue weighted by atomic mass is 16.6. The predicted molar refractivity (Wildman–Crippen MR) is 104 cm³/mol. The molecule has 0 aromatic heterocycles. The topological polar surface area (TPSA) is 77.1 Å². The monoisotopic (exact) mass is 361 g/mol. The van der Waals surface area contributed by atoms with Crippen LogP contribution in [0.5, 0.6) is 0 Å². The molecular formula is C22H23N3O2. The van der Waals surface area contributed by atoms with E-state index in [9.17, 15) is 15.3 Å². The fourth-order valence-corrected chi connectivity index (χ4v) is 2.72. The Morgan fingerprint density at radius 1 is 1.00 bits per heavy atom. The molecule has 0 aliphatic rings. The van der Waals surface area contributed by atoms with Gasteiger partial charge in [0.15, 0.2) is 0 Å². The first-order chi connectivity index (χ1) is 12.9. The van der Waals surface area contributed by atoms with Gasteiger partial charge >= 0.3 is 6.09 Å². The SMILES string of the molecule is CC(C)(C)OC(=O)N(CC(c1ccccc1)C(C#N)C#N)c1ccccc1. The Labute approximate surface area is 160 Å². The van der Waals surface area contributed by atoms with Gasteiger partial charge in [-0.1, -0.05) is 48.5 Å². The number of hydrogen-bond acceptors (Lipinski definition) is 4. The first kappa shape index (κ1) is 20.0. The van der Waals surface area contributed by atoms with Gasteiger partial charge in [-0.15, -0.1) is 0 Å². The van der Waals surface area contributed by atoms with E-state index in [-0.39, 0.29) is 6.54 Å². The highest BCUT2D eigenvalue weighted by Gasteiger charge is 2.30. The Kier molecular flexibility index (Phi) is 6.57. The second-order valence-corrected chi connectivity index (χ2v) is 7.18. The van der Waals surface area contributed by atoms with Crippen LogP contribution in [0.2, 0.25) is 0 Å². The molecule has 2 aromatic rings. The van der Waals surface area contributed by atoms with E-state index in [1.807, 2.05) is 48.5 Å². The minimum Gasteiger partial charge on any atom is -0.443 e. The van der Waals surface area contributed by atoms with E-state index in [2.05, 4.69) is 12.1 Å². The molecule has 0 N–H and O–H groups in total. The third kappa shape index (κ3) is 5.59. The molecule has 0 heterocycles. The van der Waals surface area contributed by atoms with Gasteiger partial charge in [-0.2, -0.15) is 10.5 Å². The summed E-state index contributed by atoms with van der Waals surface area (Å²) in [6, 6.07) is 22.6. The Hall–Kier alpha value is -3.31. The van der Waals surface area contributed by atoms with Crippen molar-refractivity contribution in [2.45, 2.75) is 32.3 Å². The fourth-order valence-electron chi connectivity index (χ4n) is 2.72. The van der Waals surface area contributed by atoms with E-state index in [0.29, 0.717) is 5.69 Å². The lowest BCUT2D eigenvalue weighted by Gasteiger charge is -2.31. The van der Waals surface area contributed by atoms with Crippen molar-refractivity contribution in [3.8, 4) is 12.1 Å². The molecule has 5 nitrogen and oxygen atoms in total. The first-order valence-corrected chi connectivity index (χ1v) is 8.75. The first-order valence-electron chi connectivity index (χ1n) is 8.75. The van der Waals surface area contributed by atoms with Gasteiger partial charge in [0, 0.05) is 18.2 Å². The molecule has 0 saturated carbocycles. The molecule has 2 rings (SSSR count). The van der Waals surface area contributed by atoms with E-state index in [0.717, 1.165) is 5.56 Å². The summed E-state index contributed by atoms with van der Waals surface area (Å²) >= 11 is 0. The van der Waals surface area contributed by atoms with Gasteiger partial charge in [0.25, 0.3) is 0 Å². The maximum atomic E-state index is 12.9. The molecule has 0 bridgehead atoms. The van der Waals surface area contributed by atoms with Crippen LogP contribution in [0.4, 0.5) is 10.5 Å². The molecule has 1 atom stereocenters. The van der Waals surface area contributed by atoms with E-state index < -0.39 is 23.5 Å². The molecular weight excluding hydrogens is 338 g/mol. The lowest BCUT2D eigenvalue weighted by molar-refractivity contribution is 0.0577. The molecule has 0 aliphatic carbocycles. The minimum absolute atomic E-state index is 0.161. The lowest BCUT2D eigenvalue weighted by Crippen LogP contribution is -2.40. The van der Waals surface area contributed by atoms with Crippen LogP contribution in [0.25, 0.3) is 0 Å². The molecule has 0 spiro atoms. The Balaban J connectivity index is 2.43. The summed E-state index contributed by atoms with van der Waals surface area (Å²) in [4.78, 5) is 14.4. The number of ether oxygens (including phenoxy) is 1. The molecule has 27 heavy (non-hydrogen) atoms. The summed E-state index contributed by atoms with van der Waals surface area (Å²) in [5, 5.41) is 18.9.